The predicted molar refractivity (Wildman–Crippen MR) is 115 cm³/mol. The van der Waals surface area contributed by atoms with Crippen molar-refractivity contribution in [3.63, 3.8) is 0 Å². The third-order valence-electron chi connectivity index (χ3n) is 4.64. The Balaban J connectivity index is 1.50. The van der Waals surface area contributed by atoms with Gasteiger partial charge in [-0.2, -0.15) is 0 Å². The molecule has 0 fully saturated rings. The van der Waals surface area contributed by atoms with Gasteiger partial charge in [-0.15, -0.1) is 22.7 Å². The van der Waals surface area contributed by atoms with Gasteiger partial charge in [-0.25, -0.2) is 4.98 Å². The summed E-state index contributed by atoms with van der Waals surface area (Å²) >= 11 is 3.03. The van der Waals surface area contributed by atoms with Crippen LogP contribution in [0.5, 0.6) is 0 Å². The summed E-state index contributed by atoms with van der Waals surface area (Å²) in [6.07, 6.45) is 1.46. The van der Waals surface area contributed by atoms with E-state index in [0.29, 0.717) is 16.8 Å². The SMILES string of the molecule is C[C@@H](CNC(=O)Cn1cnc2scc(-c3cccs3)c2c1=O)c1ccccc1. The summed E-state index contributed by atoms with van der Waals surface area (Å²) in [4.78, 5) is 31.5. The molecule has 5 nitrogen and oxygen atoms in total. The summed E-state index contributed by atoms with van der Waals surface area (Å²) in [7, 11) is 0. The predicted octanol–water partition coefficient (Wildman–Crippen LogP) is 4.11. The van der Waals surface area contributed by atoms with E-state index in [2.05, 4.69) is 17.2 Å². The molecule has 1 aromatic carbocycles. The van der Waals surface area contributed by atoms with E-state index in [-0.39, 0.29) is 23.9 Å². The quantitative estimate of drug-likeness (QED) is 0.521. The Labute approximate surface area is 170 Å². The minimum absolute atomic E-state index is 0.0387. The highest BCUT2D eigenvalue weighted by atomic mass is 32.1. The zero-order valence-electron chi connectivity index (χ0n) is 15.3. The highest BCUT2D eigenvalue weighted by molar-refractivity contribution is 7.18. The summed E-state index contributed by atoms with van der Waals surface area (Å²) in [6.45, 7) is 2.54. The van der Waals surface area contributed by atoms with E-state index in [1.165, 1.54) is 27.8 Å². The number of nitrogens with one attached hydrogen (secondary N) is 1. The standard InChI is InChI=1S/C21H19N3O2S2/c1-14(15-6-3-2-4-7-15)10-22-18(25)11-24-13-23-20-19(21(24)26)16(12-28-20)17-8-5-9-27-17/h2-9,12-14H,10-11H2,1H3,(H,22,25)/t14-/m0/s1. The molecule has 4 rings (SSSR count). The lowest BCUT2D eigenvalue weighted by atomic mass is 10.0. The number of carbonyl (C=O) groups excluding carboxylic acids is 1. The molecular formula is C21H19N3O2S2. The van der Waals surface area contributed by atoms with Gasteiger partial charge in [0.1, 0.15) is 11.4 Å². The molecule has 3 heterocycles. The number of nitrogens with zero attached hydrogens (tertiary/aromatic N) is 2. The van der Waals surface area contributed by atoms with Crippen molar-refractivity contribution < 1.29 is 4.79 Å². The molecular weight excluding hydrogens is 390 g/mol. The molecule has 1 N–H and O–H groups in total. The first kappa shape index (κ1) is 18.6. The fraction of sp³-hybridized carbons (Fsp3) is 0.190. The molecule has 1 atom stereocenters. The molecule has 0 unspecified atom stereocenters. The van der Waals surface area contributed by atoms with Crippen LogP contribution < -0.4 is 10.9 Å². The van der Waals surface area contributed by atoms with E-state index >= 15 is 0 Å². The fourth-order valence-electron chi connectivity index (χ4n) is 3.07. The molecule has 0 aliphatic heterocycles. The van der Waals surface area contributed by atoms with E-state index in [0.717, 1.165) is 10.4 Å². The average molecular weight is 410 g/mol. The molecule has 0 saturated carbocycles. The highest BCUT2D eigenvalue weighted by Gasteiger charge is 2.15. The summed E-state index contributed by atoms with van der Waals surface area (Å²) in [6, 6.07) is 14.0. The fourth-order valence-corrected chi connectivity index (χ4v) is 4.79. The number of fused-ring (bicyclic) bond motifs is 1. The van der Waals surface area contributed by atoms with Crippen molar-refractivity contribution in [2.75, 3.05) is 6.54 Å². The van der Waals surface area contributed by atoms with Crippen molar-refractivity contribution >= 4 is 38.8 Å². The second-order valence-electron chi connectivity index (χ2n) is 6.60. The van der Waals surface area contributed by atoms with Gasteiger partial charge in [0.05, 0.1) is 11.7 Å². The van der Waals surface area contributed by atoms with Crippen LogP contribution in [-0.4, -0.2) is 22.0 Å². The van der Waals surface area contributed by atoms with Crippen LogP contribution in [0.2, 0.25) is 0 Å². The molecule has 1 amide bonds. The van der Waals surface area contributed by atoms with Crippen LogP contribution >= 0.6 is 22.7 Å². The molecule has 0 saturated heterocycles. The summed E-state index contributed by atoms with van der Waals surface area (Å²) < 4.78 is 1.38. The molecule has 28 heavy (non-hydrogen) atoms. The van der Waals surface area contributed by atoms with E-state index < -0.39 is 0 Å². The van der Waals surface area contributed by atoms with Crippen molar-refractivity contribution in [2.45, 2.75) is 19.4 Å². The summed E-state index contributed by atoms with van der Waals surface area (Å²) in [5, 5.41) is 7.44. The van der Waals surface area contributed by atoms with E-state index in [4.69, 9.17) is 0 Å². The molecule has 0 spiro atoms. The lowest BCUT2D eigenvalue weighted by Crippen LogP contribution is -2.34. The van der Waals surface area contributed by atoms with E-state index in [1.807, 2.05) is 53.2 Å². The normalized spacial score (nSPS) is 12.2. The van der Waals surface area contributed by atoms with Crippen LogP contribution in [0.15, 0.2) is 64.3 Å². The van der Waals surface area contributed by atoms with Gasteiger partial charge in [-0.05, 0) is 22.9 Å². The number of rotatable bonds is 6. The monoisotopic (exact) mass is 409 g/mol. The summed E-state index contributed by atoms with van der Waals surface area (Å²) in [5.41, 5.74) is 1.88. The van der Waals surface area contributed by atoms with Gasteiger partial charge in [-0.1, -0.05) is 43.3 Å². The average Bonchev–Trinajstić information content (AvgIpc) is 3.38. The van der Waals surface area contributed by atoms with Crippen LogP contribution in [0.4, 0.5) is 0 Å². The number of carbonyl (C=O) groups is 1. The Bertz CT molecular complexity index is 1150. The number of thiophene rings is 2. The molecule has 0 aliphatic carbocycles. The van der Waals surface area contributed by atoms with Crippen LogP contribution in [-0.2, 0) is 11.3 Å². The van der Waals surface area contributed by atoms with Crippen LogP contribution in [0.1, 0.15) is 18.4 Å². The second kappa shape index (κ2) is 8.08. The van der Waals surface area contributed by atoms with Gasteiger partial charge in [0, 0.05) is 22.4 Å². The van der Waals surface area contributed by atoms with E-state index in [1.54, 1.807) is 11.3 Å². The summed E-state index contributed by atoms with van der Waals surface area (Å²) in [5.74, 6) is 0.00344. The van der Waals surface area contributed by atoms with Gasteiger partial charge < -0.3 is 5.32 Å². The van der Waals surface area contributed by atoms with Crippen LogP contribution in [0.25, 0.3) is 20.7 Å². The Morgan fingerprint density at radius 2 is 2.00 bits per heavy atom. The lowest BCUT2D eigenvalue weighted by molar-refractivity contribution is -0.121. The highest BCUT2D eigenvalue weighted by Crippen LogP contribution is 2.33. The number of hydrogen-bond donors (Lipinski definition) is 1. The second-order valence-corrected chi connectivity index (χ2v) is 8.41. The van der Waals surface area contributed by atoms with Crippen molar-refractivity contribution in [1.29, 1.82) is 0 Å². The first-order valence-electron chi connectivity index (χ1n) is 8.95. The molecule has 0 bridgehead atoms. The lowest BCUT2D eigenvalue weighted by Gasteiger charge is -2.13. The van der Waals surface area contributed by atoms with Crippen LogP contribution in [0, 0.1) is 0 Å². The van der Waals surface area contributed by atoms with Gasteiger partial charge in [-0.3, -0.25) is 14.2 Å². The maximum Gasteiger partial charge on any atom is 0.263 e. The Hall–Kier alpha value is -2.77. The minimum Gasteiger partial charge on any atom is -0.354 e. The largest absolute Gasteiger partial charge is 0.354 e. The third-order valence-corrected chi connectivity index (χ3v) is 6.42. The molecule has 4 aromatic rings. The maximum absolute atomic E-state index is 13.0. The Morgan fingerprint density at radius 1 is 1.18 bits per heavy atom. The smallest absolute Gasteiger partial charge is 0.263 e. The maximum atomic E-state index is 13.0. The van der Waals surface area contributed by atoms with Crippen LogP contribution in [0.3, 0.4) is 0 Å². The molecule has 0 radical (unpaired) electrons. The van der Waals surface area contributed by atoms with Gasteiger partial charge in [0.25, 0.3) is 5.56 Å². The molecule has 0 aliphatic rings. The molecule has 142 valence electrons. The van der Waals surface area contributed by atoms with Crippen molar-refractivity contribution in [2.24, 2.45) is 0 Å². The minimum atomic E-state index is -0.195. The van der Waals surface area contributed by atoms with Gasteiger partial charge in [0.15, 0.2) is 0 Å². The topological polar surface area (TPSA) is 64.0 Å². The number of aromatic nitrogens is 2. The van der Waals surface area contributed by atoms with Crippen molar-refractivity contribution in [3.8, 4) is 10.4 Å². The number of hydrogen-bond acceptors (Lipinski definition) is 5. The zero-order valence-corrected chi connectivity index (χ0v) is 16.9. The zero-order chi connectivity index (χ0) is 19.5. The number of amides is 1. The molecule has 7 heteroatoms. The Morgan fingerprint density at radius 3 is 2.75 bits per heavy atom. The van der Waals surface area contributed by atoms with Crippen molar-refractivity contribution in [1.82, 2.24) is 14.9 Å². The molecule has 3 aromatic heterocycles. The van der Waals surface area contributed by atoms with Gasteiger partial charge >= 0.3 is 0 Å². The van der Waals surface area contributed by atoms with E-state index in [9.17, 15) is 9.59 Å². The van der Waals surface area contributed by atoms with Crippen molar-refractivity contribution in [3.05, 3.63) is 75.5 Å². The third kappa shape index (κ3) is 3.76. The van der Waals surface area contributed by atoms with Gasteiger partial charge in [0.2, 0.25) is 5.91 Å². The Kier molecular flexibility index (Phi) is 5.36. The first-order valence-corrected chi connectivity index (χ1v) is 10.7. The first-order chi connectivity index (χ1) is 13.6. The number of benzene rings is 1.